The third kappa shape index (κ3) is 9.44. The van der Waals surface area contributed by atoms with E-state index in [-0.39, 0.29) is 30.2 Å². The first-order valence-corrected chi connectivity index (χ1v) is 13.8. The largest absolute Gasteiger partial charge is 0.598 e. The highest BCUT2D eigenvalue weighted by Crippen LogP contribution is 2.40. The molecular weight excluding hydrogens is 524 g/mol. The van der Waals surface area contributed by atoms with Crippen molar-refractivity contribution >= 4 is 48.5 Å². The van der Waals surface area contributed by atoms with Crippen LogP contribution in [0.1, 0.15) is 16.8 Å². The predicted molar refractivity (Wildman–Crippen MR) is 155 cm³/mol. The molecule has 14 heteroatoms. The van der Waals surface area contributed by atoms with E-state index in [9.17, 15) is 14.1 Å². The van der Waals surface area contributed by atoms with Crippen LogP contribution in [0, 0.1) is 0 Å². The molecule has 0 radical (unpaired) electrons. The summed E-state index contributed by atoms with van der Waals surface area (Å²) in [5, 5.41) is 2.63. The number of methoxy groups -OCH3 is 1. The standard InChI is InChI=1S/C25H38N8O5S/c1-27-15-19(16-29-17-26)24(34)30-18-31(3)25(35)20-7-8-21(23(37-4)22(20)28-2)38-14-6-9-32-10-12-33(13-11-32)39(5)36/h7-8,15-16H,1-2,6,9-14,17-18,26H2,3-5H3,(H,30,34)/b19-15+,29-16?. The van der Waals surface area contributed by atoms with E-state index < -0.39 is 23.2 Å². The summed E-state index contributed by atoms with van der Waals surface area (Å²) in [7, 11) is 3.00. The van der Waals surface area contributed by atoms with E-state index in [2.05, 4.69) is 38.6 Å². The number of ether oxygens (including phenoxy) is 2. The van der Waals surface area contributed by atoms with Crippen molar-refractivity contribution in [3.05, 3.63) is 29.5 Å². The lowest BCUT2D eigenvalue weighted by Crippen LogP contribution is -2.48. The van der Waals surface area contributed by atoms with Crippen molar-refractivity contribution in [3.63, 3.8) is 0 Å². The number of benzene rings is 1. The lowest BCUT2D eigenvalue weighted by Gasteiger charge is -2.33. The highest BCUT2D eigenvalue weighted by atomic mass is 32.2. The molecule has 1 heterocycles. The van der Waals surface area contributed by atoms with Gasteiger partial charge in [-0.05, 0) is 32.0 Å². The molecule has 1 aliphatic rings. The highest BCUT2D eigenvalue weighted by Gasteiger charge is 2.24. The topological polar surface area (TPSA) is 161 Å². The summed E-state index contributed by atoms with van der Waals surface area (Å²) >= 11 is -0.930. The number of carbonyl (C=O) groups is 2. The molecule has 1 aliphatic heterocycles. The Labute approximate surface area is 232 Å². The fourth-order valence-corrected chi connectivity index (χ4v) is 4.52. The minimum absolute atomic E-state index is 0.0134. The predicted octanol–water partition coefficient (Wildman–Crippen LogP) is 0.425. The molecule has 1 saturated heterocycles. The van der Waals surface area contributed by atoms with Gasteiger partial charge in [-0.3, -0.25) is 24.6 Å². The van der Waals surface area contributed by atoms with Gasteiger partial charge in [0.05, 0.1) is 51.3 Å². The van der Waals surface area contributed by atoms with Gasteiger partial charge in [0.15, 0.2) is 11.5 Å². The van der Waals surface area contributed by atoms with Crippen LogP contribution in [0.4, 0.5) is 5.69 Å². The van der Waals surface area contributed by atoms with Gasteiger partial charge in [-0.25, -0.2) is 0 Å². The molecule has 1 aromatic carbocycles. The third-order valence-corrected chi connectivity index (χ3v) is 7.00. The summed E-state index contributed by atoms with van der Waals surface area (Å²) in [4.78, 5) is 40.6. The van der Waals surface area contributed by atoms with Crippen LogP contribution in [-0.2, 0) is 16.2 Å². The first kappa shape index (κ1) is 31.9. The minimum atomic E-state index is -0.930. The quantitative estimate of drug-likeness (QED) is 0.102. The second-order valence-corrected chi connectivity index (χ2v) is 9.84. The van der Waals surface area contributed by atoms with E-state index in [4.69, 9.17) is 15.2 Å². The van der Waals surface area contributed by atoms with Crippen LogP contribution in [0.15, 0.2) is 38.9 Å². The molecular formula is C25H38N8O5S. The molecule has 0 bridgehead atoms. The van der Waals surface area contributed by atoms with E-state index in [1.165, 1.54) is 31.5 Å². The first-order chi connectivity index (χ1) is 18.8. The van der Waals surface area contributed by atoms with Crippen molar-refractivity contribution in [1.82, 2.24) is 19.4 Å². The number of carbonyl (C=O) groups excluding carboxylic acids is 2. The number of nitrogens with two attached hydrogens (primary N) is 1. The van der Waals surface area contributed by atoms with Gasteiger partial charge >= 0.3 is 0 Å². The van der Waals surface area contributed by atoms with Crippen molar-refractivity contribution in [1.29, 1.82) is 0 Å². The van der Waals surface area contributed by atoms with Crippen molar-refractivity contribution in [2.75, 3.05) is 73.1 Å². The van der Waals surface area contributed by atoms with Crippen LogP contribution < -0.4 is 20.5 Å². The number of rotatable bonds is 15. The first-order valence-electron chi connectivity index (χ1n) is 12.3. The molecule has 1 fully saturated rings. The molecule has 13 nitrogen and oxygen atoms in total. The maximum atomic E-state index is 13.2. The highest BCUT2D eigenvalue weighted by molar-refractivity contribution is 7.88. The van der Waals surface area contributed by atoms with Gasteiger partial charge in [0.25, 0.3) is 11.8 Å². The molecule has 1 unspecified atom stereocenters. The zero-order valence-electron chi connectivity index (χ0n) is 22.8. The number of aliphatic imine (C=N–C) groups is 3. The van der Waals surface area contributed by atoms with Crippen LogP contribution in [0.3, 0.4) is 0 Å². The molecule has 2 amide bonds. The number of piperazine rings is 1. The molecule has 0 spiro atoms. The summed E-state index contributed by atoms with van der Waals surface area (Å²) in [6, 6.07) is 3.25. The minimum Gasteiger partial charge on any atom is -0.598 e. The van der Waals surface area contributed by atoms with Crippen LogP contribution >= 0.6 is 0 Å². The summed E-state index contributed by atoms with van der Waals surface area (Å²) < 4.78 is 25.0. The summed E-state index contributed by atoms with van der Waals surface area (Å²) in [6.07, 6.45) is 5.02. The second kappa shape index (κ2) is 16.6. The Morgan fingerprint density at radius 1 is 1.28 bits per heavy atom. The van der Waals surface area contributed by atoms with Crippen LogP contribution in [0.25, 0.3) is 0 Å². The SMILES string of the molecule is C=N/C=C(\C=NCN)C(=O)NCN(C)C(=O)c1ccc(OCCCN2CCN([S+](C)[O-])CC2)c(OC)c1N=C. The molecule has 0 aliphatic carbocycles. The van der Waals surface area contributed by atoms with Gasteiger partial charge in [0.1, 0.15) is 11.9 Å². The van der Waals surface area contributed by atoms with Gasteiger partial charge in [-0.15, -0.1) is 4.31 Å². The van der Waals surface area contributed by atoms with Crippen molar-refractivity contribution in [2.24, 2.45) is 20.7 Å². The fourth-order valence-electron chi connectivity index (χ4n) is 3.84. The molecule has 1 aromatic rings. The van der Waals surface area contributed by atoms with Gasteiger partial charge in [-0.1, -0.05) is 0 Å². The van der Waals surface area contributed by atoms with Gasteiger partial charge < -0.3 is 34.9 Å². The Morgan fingerprint density at radius 2 is 2.00 bits per heavy atom. The van der Waals surface area contributed by atoms with Crippen molar-refractivity contribution in [3.8, 4) is 11.5 Å². The molecule has 214 valence electrons. The summed E-state index contributed by atoms with van der Waals surface area (Å²) in [5.74, 6) is -0.153. The molecule has 2 rings (SSSR count). The maximum Gasteiger partial charge on any atom is 0.257 e. The van der Waals surface area contributed by atoms with Gasteiger partial charge in [0, 0.05) is 50.5 Å². The second-order valence-electron chi connectivity index (χ2n) is 8.48. The molecule has 1 atom stereocenters. The lowest BCUT2D eigenvalue weighted by atomic mass is 10.1. The number of nitrogens with zero attached hydrogens (tertiary/aromatic N) is 6. The number of nitrogens with one attached hydrogen (secondary N) is 1. The zero-order chi connectivity index (χ0) is 28.8. The number of amides is 2. The smallest absolute Gasteiger partial charge is 0.257 e. The van der Waals surface area contributed by atoms with Crippen LogP contribution in [0.2, 0.25) is 0 Å². The molecule has 3 N–H and O–H groups in total. The zero-order valence-corrected chi connectivity index (χ0v) is 23.6. The maximum absolute atomic E-state index is 13.2. The summed E-state index contributed by atoms with van der Waals surface area (Å²) in [5.41, 5.74) is 5.97. The van der Waals surface area contributed by atoms with Gasteiger partial charge in [0.2, 0.25) is 0 Å². The Hall–Kier alpha value is -3.30. The van der Waals surface area contributed by atoms with E-state index >= 15 is 0 Å². The Morgan fingerprint density at radius 3 is 2.59 bits per heavy atom. The lowest BCUT2D eigenvalue weighted by molar-refractivity contribution is -0.117. The van der Waals surface area contributed by atoms with Crippen molar-refractivity contribution < 1.29 is 23.6 Å². The number of hydrogen-bond donors (Lipinski definition) is 2. The van der Waals surface area contributed by atoms with E-state index in [1.54, 1.807) is 18.4 Å². The molecule has 0 aromatic heterocycles. The van der Waals surface area contributed by atoms with E-state index in [1.807, 2.05) is 4.31 Å². The van der Waals surface area contributed by atoms with Gasteiger partial charge in [-0.2, -0.15) is 0 Å². The third-order valence-electron chi connectivity index (χ3n) is 5.91. The Bertz CT molecular complexity index is 1060. The van der Waals surface area contributed by atoms with E-state index in [0.717, 1.165) is 39.1 Å². The Balaban J connectivity index is 1.99. The van der Waals surface area contributed by atoms with Crippen molar-refractivity contribution in [2.45, 2.75) is 6.42 Å². The normalized spacial score (nSPS) is 15.6. The van der Waals surface area contributed by atoms with Crippen LogP contribution in [-0.4, -0.2) is 123 Å². The summed E-state index contributed by atoms with van der Waals surface area (Å²) in [6.45, 7) is 11.4. The average Bonchev–Trinajstić information content (AvgIpc) is 2.95. The molecule has 39 heavy (non-hydrogen) atoms. The fraction of sp³-hybridized carbons (Fsp3) is 0.480. The number of hydrogen-bond acceptors (Lipinski definition) is 11. The van der Waals surface area contributed by atoms with E-state index in [0.29, 0.717) is 18.1 Å². The Kier molecular flexibility index (Phi) is 13.6. The van der Waals surface area contributed by atoms with Crippen LogP contribution in [0.5, 0.6) is 11.5 Å². The monoisotopic (exact) mass is 562 g/mol. The average molecular weight is 563 g/mol. The molecule has 0 saturated carbocycles.